The van der Waals surface area contributed by atoms with Crippen LogP contribution in [-0.4, -0.2) is 89.5 Å². The van der Waals surface area contributed by atoms with Gasteiger partial charge < -0.3 is 9.64 Å². The van der Waals surface area contributed by atoms with E-state index in [1.54, 1.807) is 4.90 Å². The van der Waals surface area contributed by atoms with Gasteiger partial charge in [-0.1, -0.05) is 19.8 Å². The second kappa shape index (κ2) is 11.6. The van der Waals surface area contributed by atoms with Crippen molar-refractivity contribution < 1.29 is 28.7 Å². The minimum absolute atomic E-state index is 0.0360. The largest absolute Gasteiger partial charge is 0.464 e. The first-order valence-corrected chi connectivity index (χ1v) is 10.5. The predicted molar refractivity (Wildman–Crippen MR) is 108 cm³/mol. The third-order valence-corrected chi connectivity index (χ3v) is 5.32. The number of Topliss-reactive ketones (excluding diaryl/α,β-unsaturated/α-hetero) is 1. The third-order valence-electron chi connectivity index (χ3n) is 5.32. The number of imide groups is 1. The molecule has 0 aromatic rings. The van der Waals surface area contributed by atoms with Crippen molar-refractivity contribution in [3.05, 3.63) is 12.2 Å². The minimum atomic E-state index is -0.411. The zero-order valence-corrected chi connectivity index (χ0v) is 17.8. The summed E-state index contributed by atoms with van der Waals surface area (Å²) in [5.41, 5.74) is 0. The highest BCUT2D eigenvalue weighted by atomic mass is 16.5. The number of esters is 1. The molecule has 0 bridgehead atoms. The molecule has 1 atom stereocenters. The van der Waals surface area contributed by atoms with E-state index in [2.05, 4.69) is 6.92 Å². The van der Waals surface area contributed by atoms with Gasteiger partial charge in [0.05, 0.1) is 12.6 Å². The van der Waals surface area contributed by atoms with Crippen molar-refractivity contribution in [1.82, 2.24) is 14.7 Å². The summed E-state index contributed by atoms with van der Waals surface area (Å²) in [6.45, 7) is 5.10. The van der Waals surface area contributed by atoms with Crippen LogP contribution in [0.2, 0.25) is 0 Å². The molecule has 0 radical (unpaired) electrons. The van der Waals surface area contributed by atoms with E-state index in [1.165, 1.54) is 19.1 Å². The number of carbonyl (C=O) groups is 5. The lowest BCUT2D eigenvalue weighted by Gasteiger charge is -2.41. The van der Waals surface area contributed by atoms with Gasteiger partial charge in [0.15, 0.2) is 0 Å². The molecule has 0 saturated carbocycles. The molecule has 30 heavy (non-hydrogen) atoms. The Bertz CT molecular complexity index is 687. The topological polar surface area (TPSA) is 104 Å². The lowest BCUT2D eigenvalue weighted by Crippen LogP contribution is -2.57. The first kappa shape index (κ1) is 23.7. The van der Waals surface area contributed by atoms with E-state index >= 15 is 0 Å². The number of hydrogen-bond acceptors (Lipinski definition) is 7. The molecule has 0 spiro atoms. The first-order chi connectivity index (χ1) is 14.3. The fraction of sp³-hybridized carbons (Fsp3) is 0.667. The lowest BCUT2D eigenvalue weighted by atomic mass is 10.1. The number of ether oxygens (including phenoxy) is 1. The minimum Gasteiger partial charge on any atom is -0.464 e. The highest BCUT2D eigenvalue weighted by Gasteiger charge is 2.32. The summed E-state index contributed by atoms with van der Waals surface area (Å²) in [5.74, 6) is -1.26. The predicted octanol–water partition coefficient (Wildman–Crippen LogP) is 0.527. The lowest BCUT2D eigenvalue weighted by molar-refractivity contribution is -0.145. The molecule has 9 heteroatoms. The highest BCUT2D eigenvalue weighted by Crippen LogP contribution is 2.14. The van der Waals surface area contributed by atoms with Gasteiger partial charge in [0.25, 0.3) is 11.8 Å². The van der Waals surface area contributed by atoms with E-state index in [4.69, 9.17) is 4.74 Å². The molecule has 3 amide bonds. The van der Waals surface area contributed by atoms with E-state index in [-0.39, 0.29) is 43.8 Å². The van der Waals surface area contributed by atoms with Gasteiger partial charge in [0.1, 0.15) is 12.4 Å². The molecular weight excluding hydrogens is 390 g/mol. The van der Waals surface area contributed by atoms with Crippen LogP contribution in [0.15, 0.2) is 12.2 Å². The fourth-order valence-electron chi connectivity index (χ4n) is 3.59. The SMILES string of the molecule is CCCCCC(=O)CN1CCN(C(=O)CCN2C(=O)C=CC2=O)CC1COC(C)=O. The van der Waals surface area contributed by atoms with Crippen LogP contribution < -0.4 is 0 Å². The summed E-state index contributed by atoms with van der Waals surface area (Å²) in [6, 6.07) is -0.265. The van der Waals surface area contributed by atoms with Gasteiger partial charge in [-0.2, -0.15) is 0 Å². The fourth-order valence-corrected chi connectivity index (χ4v) is 3.59. The summed E-state index contributed by atoms with van der Waals surface area (Å²) in [4.78, 5) is 64.1. The molecule has 2 aliphatic rings. The summed E-state index contributed by atoms with van der Waals surface area (Å²) in [6.07, 6.45) is 5.88. The number of carbonyl (C=O) groups excluding carboxylic acids is 5. The average molecular weight is 421 g/mol. The normalized spacial score (nSPS) is 19.5. The maximum absolute atomic E-state index is 12.6. The number of hydrogen-bond donors (Lipinski definition) is 0. The summed E-state index contributed by atoms with van der Waals surface area (Å²) < 4.78 is 5.15. The quantitative estimate of drug-likeness (QED) is 0.272. The number of ketones is 1. The van der Waals surface area contributed by atoms with Gasteiger partial charge in [-0.15, -0.1) is 0 Å². The first-order valence-electron chi connectivity index (χ1n) is 10.5. The maximum Gasteiger partial charge on any atom is 0.302 e. The Morgan fingerprint density at radius 3 is 2.40 bits per heavy atom. The van der Waals surface area contributed by atoms with Crippen LogP contribution in [0.5, 0.6) is 0 Å². The van der Waals surface area contributed by atoms with Gasteiger partial charge in [-0.05, 0) is 6.42 Å². The zero-order chi connectivity index (χ0) is 22.1. The molecule has 1 fully saturated rings. The molecule has 2 heterocycles. The van der Waals surface area contributed by atoms with Gasteiger partial charge in [-0.3, -0.25) is 33.8 Å². The van der Waals surface area contributed by atoms with E-state index in [9.17, 15) is 24.0 Å². The summed E-state index contributed by atoms with van der Waals surface area (Å²) in [7, 11) is 0. The highest BCUT2D eigenvalue weighted by molar-refractivity contribution is 6.13. The monoisotopic (exact) mass is 421 g/mol. The van der Waals surface area contributed by atoms with Crippen LogP contribution in [0.3, 0.4) is 0 Å². The van der Waals surface area contributed by atoms with Crippen LogP contribution in [0.25, 0.3) is 0 Å². The Labute approximate surface area is 177 Å². The molecule has 166 valence electrons. The Hall–Kier alpha value is -2.55. The molecule has 2 rings (SSSR count). The maximum atomic E-state index is 12.6. The van der Waals surface area contributed by atoms with E-state index < -0.39 is 17.8 Å². The van der Waals surface area contributed by atoms with Crippen LogP contribution in [0.1, 0.15) is 46.0 Å². The number of amides is 3. The number of unbranched alkanes of at least 4 members (excludes halogenated alkanes) is 2. The van der Waals surface area contributed by atoms with E-state index in [1.807, 2.05) is 4.90 Å². The number of nitrogens with zero attached hydrogens (tertiary/aromatic N) is 3. The molecule has 1 unspecified atom stereocenters. The molecule has 9 nitrogen and oxygen atoms in total. The number of rotatable bonds is 11. The summed E-state index contributed by atoms with van der Waals surface area (Å²) >= 11 is 0. The van der Waals surface area contributed by atoms with Crippen molar-refractivity contribution in [1.29, 1.82) is 0 Å². The van der Waals surface area contributed by atoms with Gasteiger partial charge in [0.2, 0.25) is 5.91 Å². The Morgan fingerprint density at radius 1 is 1.07 bits per heavy atom. The van der Waals surface area contributed by atoms with Gasteiger partial charge >= 0.3 is 5.97 Å². The van der Waals surface area contributed by atoms with E-state index in [0.717, 1.165) is 24.2 Å². The van der Waals surface area contributed by atoms with Crippen molar-refractivity contribution in [2.45, 2.75) is 52.0 Å². The molecular formula is C21H31N3O6. The van der Waals surface area contributed by atoms with Crippen LogP contribution >= 0.6 is 0 Å². The Kier molecular flexibility index (Phi) is 9.16. The van der Waals surface area contributed by atoms with Gasteiger partial charge in [-0.25, -0.2) is 0 Å². The third kappa shape index (κ3) is 7.05. The molecule has 0 N–H and O–H groups in total. The summed E-state index contributed by atoms with van der Waals surface area (Å²) in [5, 5.41) is 0. The van der Waals surface area contributed by atoms with Crippen LogP contribution in [-0.2, 0) is 28.7 Å². The molecule has 0 aromatic heterocycles. The van der Waals surface area contributed by atoms with Gasteiger partial charge in [0, 0.05) is 58.1 Å². The molecule has 0 aliphatic carbocycles. The Balaban J connectivity index is 1.89. The van der Waals surface area contributed by atoms with Crippen molar-refractivity contribution >= 4 is 29.5 Å². The van der Waals surface area contributed by atoms with Crippen molar-refractivity contribution in [2.24, 2.45) is 0 Å². The Morgan fingerprint density at radius 2 is 1.77 bits per heavy atom. The zero-order valence-electron chi connectivity index (χ0n) is 17.8. The smallest absolute Gasteiger partial charge is 0.302 e. The second-order valence-corrected chi connectivity index (χ2v) is 7.67. The van der Waals surface area contributed by atoms with Crippen molar-refractivity contribution in [3.63, 3.8) is 0 Å². The molecule has 1 saturated heterocycles. The number of piperazine rings is 1. The van der Waals surface area contributed by atoms with Crippen LogP contribution in [0, 0.1) is 0 Å². The molecule has 2 aliphatic heterocycles. The average Bonchev–Trinajstić information content (AvgIpc) is 3.03. The van der Waals surface area contributed by atoms with Crippen molar-refractivity contribution in [3.8, 4) is 0 Å². The second-order valence-electron chi connectivity index (χ2n) is 7.67. The standard InChI is InChI=1S/C21H31N3O6/c1-3-4-5-6-18(26)14-22-11-12-23(13-17(22)15-30-16(2)25)19(27)9-10-24-20(28)7-8-21(24)29/h7-8,17H,3-6,9-15H2,1-2H3. The van der Waals surface area contributed by atoms with Crippen LogP contribution in [0.4, 0.5) is 0 Å². The van der Waals surface area contributed by atoms with Crippen molar-refractivity contribution in [2.75, 3.05) is 39.3 Å². The van der Waals surface area contributed by atoms with E-state index in [0.29, 0.717) is 26.1 Å². The molecule has 0 aromatic carbocycles.